The lowest BCUT2D eigenvalue weighted by Crippen LogP contribution is -2.15. The second-order valence-corrected chi connectivity index (χ2v) is 5.56. The molecule has 0 aromatic heterocycles. The van der Waals surface area contributed by atoms with Crippen LogP contribution in [0, 0.1) is 0 Å². The molecule has 4 N–H and O–H groups in total. The van der Waals surface area contributed by atoms with Crippen molar-refractivity contribution >= 4 is 12.6 Å². The summed E-state index contributed by atoms with van der Waals surface area (Å²) in [6.45, 7) is 6.07. The quantitative estimate of drug-likeness (QED) is 0.560. The summed E-state index contributed by atoms with van der Waals surface area (Å²) in [5, 5.41) is 0. The first-order chi connectivity index (χ1) is 7.40. The average Bonchev–Trinajstić information content (AvgIpc) is 2.26. The van der Waals surface area contributed by atoms with Crippen molar-refractivity contribution in [2.24, 2.45) is 11.6 Å². The summed E-state index contributed by atoms with van der Waals surface area (Å²) in [4.78, 5) is 4.89. The van der Waals surface area contributed by atoms with E-state index in [-0.39, 0.29) is 10.8 Å². The molecule has 1 aromatic rings. The molecule has 4 heteroatoms. The summed E-state index contributed by atoms with van der Waals surface area (Å²) in [5.41, 5.74) is 7.97. The van der Waals surface area contributed by atoms with E-state index in [1.807, 2.05) is 39.0 Å². The fraction of sp³-hybridized carbons (Fsp3) is 0.500. The number of benzene rings is 1. The van der Waals surface area contributed by atoms with Gasteiger partial charge in [-0.25, -0.2) is 0 Å². The molecule has 0 amide bonds. The standard InChI is InChI=1S/C12H20N2OS/c1-4-10(13)9-6-5-8(12(2,3)16)7-11(9)15-14/h5-7,10,16H,4,13-14H2,1-3H3. The van der Waals surface area contributed by atoms with E-state index in [9.17, 15) is 0 Å². The van der Waals surface area contributed by atoms with E-state index in [0.29, 0.717) is 5.75 Å². The highest BCUT2D eigenvalue weighted by Crippen LogP contribution is 2.33. The minimum Gasteiger partial charge on any atom is -0.411 e. The molecule has 0 fully saturated rings. The lowest BCUT2D eigenvalue weighted by molar-refractivity contribution is 0.327. The van der Waals surface area contributed by atoms with Gasteiger partial charge in [0.25, 0.3) is 0 Å². The summed E-state index contributed by atoms with van der Waals surface area (Å²) >= 11 is 4.51. The molecule has 0 saturated heterocycles. The third-order valence-corrected chi connectivity index (χ3v) is 2.94. The van der Waals surface area contributed by atoms with E-state index in [0.717, 1.165) is 17.5 Å². The SMILES string of the molecule is CCC(N)c1ccc(C(C)(C)S)cc1ON. The van der Waals surface area contributed by atoms with Gasteiger partial charge in [-0.15, -0.1) is 0 Å². The van der Waals surface area contributed by atoms with Crippen LogP contribution in [0.15, 0.2) is 18.2 Å². The van der Waals surface area contributed by atoms with Crippen LogP contribution in [0.4, 0.5) is 0 Å². The van der Waals surface area contributed by atoms with Crippen LogP contribution in [0.3, 0.4) is 0 Å². The molecule has 0 radical (unpaired) electrons. The Morgan fingerprint density at radius 2 is 2.06 bits per heavy atom. The van der Waals surface area contributed by atoms with Gasteiger partial charge < -0.3 is 10.6 Å². The number of rotatable bonds is 4. The zero-order valence-electron chi connectivity index (χ0n) is 10.0. The molecule has 0 spiro atoms. The molecule has 0 saturated carbocycles. The van der Waals surface area contributed by atoms with Gasteiger partial charge in [-0.05, 0) is 31.9 Å². The minimum atomic E-state index is -0.220. The highest BCUT2D eigenvalue weighted by atomic mass is 32.1. The minimum absolute atomic E-state index is 0.0457. The first kappa shape index (κ1) is 13.4. The van der Waals surface area contributed by atoms with Gasteiger partial charge in [0.2, 0.25) is 0 Å². The maximum absolute atomic E-state index is 5.98. The topological polar surface area (TPSA) is 61.3 Å². The van der Waals surface area contributed by atoms with Crippen molar-refractivity contribution in [1.29, 1.82) is 0 Å². The summed E-state index contributed by atoms with van der Waals surface area (Å²) in [6.07, 6.45) is 0.847. The molecule has 0 aliphatic carbocycles. The summed E-state index contributed by atoms with van der Waals surface area (Å²) in [6, 6.07) is 5.83. The molecule has 0 heterocycles. The Morgan fingerprint density at radius 1 is 1.44 bits per heavy atom. The van der Waals surface area contributed by atoms with Crippen molar-refractivity contribution in [3.05, 3.63) is 29.3 Å². The Morgan fingerprint density at radius 3 is 2.50 bits per heavy atom. The lowest BCUT2D eigenvalue weighted by atomic mass is 9.97. The van der Waals surface area contributed by atoms with Crippen LogP contribution in [-0.2, 0) is 4.75 Å². The molecule has 0 bridgehead atoms. The predicted octanol–water partition coefficient (Wildman–Crippen LogP) is 2.51. The molecule has 0 aliphatic rings. The average molecular weight is 240 g/mol. The monoisotopic (exact) mass is 240 g/mol. The smallest absolute Gasteiger partial charge is 0.151 e. The maximum Gasteiger partial charge on any atom is 0.151 e. The van der Waals surface area contributed by atoms with E-state index in [2.05, 4.69) is 12.6 Å². The van der Waals surface area contributed by atoms with Crippen molar-refractivity contribution in [2.75, 3.05) is 0 Å². The van der Waals surface area contributed by atoms with Crippen LogP contribution >= 0.6 is 12.6 Å². The Bertz CT molecular complexity index is 361. The Balaban J connectivity index is 3.17. The van der Waals surface area contributed by atoms with Gasteiger partial charge in [0, 0.05) is 16.4 Å². The van der Waals surface area contributed by atoms with Crippen LogP contribution in [-0.4, -0.2) is 0 Å². The van der Waals surface area contributed by atoms with Crippen molar-refractivity contribution in [3.8, 4) is 5.75 Å². The van der Waals surface area contributed by atoms with Gasteiger partial charge in [-0.2, -0.15) is 18.5 Å². The molecule has 1 aromatic carbocycles. The maximum atomic E-state index is 5.98. The van der Waals surface area contributed by atoms with Gasteiger partial charge in [-0.1, -0.05) is 19.1 Å². The van der Waals surface area contributed by atoms with Crippen LogP contribution in [0.25, 0.3) is 0 Å². The Kier molecular flexibility index (Phi) is 4.24. The van der Waals surface area contributed by atoms with E-state index >= 15 is 0 Å². The summed E-state index contributed by atoms with van der Waals surface area (Å²) in [7, 11) is 0. The van der Waals surface area contributed by atoms with Crippen molar-refractivity contribution < 1.29 is 4.84 Å². The summed E-state index contributed by atoms with van der Waals surface area (Å²) in [5.74, 6) is 5.91. The molecular weight excluding hydrogens is 220 g/mol. The molecule has 0 aliphatic heterocycles. The molecular formula is C12H20N2OS. The first-order valence-electron chi connectivity index (χ1n) is 5.39. The predicted molar refractivity (Wildman–Crippen MR) is 70.5 cm³/mol. The van der Waals surface area contributed by atoms with Crippen LogP contribution < -0.4 is 16.5 Å². The van der Waals surface area contributed by atoms with Gasteiger partial charge >= 0.3 is 0 Å². The van der Waals surface area contributed by atoms with Crippen molar-refractivity contribution in [3.63, 3.8) is 0 Å². The van der Waals surface area contributed by atoms with Gasteiger partial charge in [-0.3, -0.25) is 0 Å². The molecule has 16 heavy (non-hydrogen) atoms. The van der Waals surface area contributed by atoms with Crippen molar-refractivity contribution in [2.45, 2.75) is 38.0 Å². The second kappa shape index (κ2) is 5.08. The van der Waals surface area contributed by atoms with Crippen LogP contribution in [0.5, 0.6) is 5.75 Å². The Hall–Kier alpha value is -0.710. The molecule has 1 unspecified atom stereocenters. The number of thiol groups is 1. The highest BCUT2D eigenvalue weighted by Gasteiger charge is 2.18. The zero-order valence-corrected chi connectivity index (χ0v) is 10.9. The summed E-state index contributed by atoms with van der Waals surface area (Å²) < 4.78 is -0.220. The third kappa shape index (κ3) is 2.90. The van der Waals surface area contributed by atoms with E-state index in [1.54, 1.807) is 0 Å². The van der Waals surface area contributed by atoms with Crippen molar-refractivity contribution in [1.82, 2.24) is 0 Å². The van der Waals surface area contributed by atoms with Crippen LogP contribution in [0.2, 0.25) is 0 Å². The molecule has 90 valence electrons. The lowest BCUT2D eigenvalue weighted by Gasteiger charge is -2.21. The van der Waals surface area contributed by atoms with E-state index in [1.165, 1.54) is 0 Å². The third-order valence-electron chi connectivity index (χ3n) is 2.69. The molecule has 3 nitrogen and oxygen atoms in total. The number of hydrogen-bond donors (Lipinski definition) is 3. The number of nitrogens with two attached hydrogens (primary N) is 2. The van der Waals surface area contributed by atoms with Crippen LogP contribution in [0.1, 0.15) is 44.4 Å². The molecule has 1 rings (SSSR count). The first-order valence-corrected chi connectivity index (χ1v) is 5.84. The second-order valence-electron chi connectivity index (χ2n) is 4.44. The Labute approximate surface area is 103 Å². The van der Waals surface area contributed by atoms with Gasteiger partial charge in [0.1, 0.15) is 0 Å². The van der Waals surface area contributed by atoms with E-state index < -0.39 is 0 Å². The number of hydrogen-bond acceptors (Lipinski definition) is 4. The highest BCUT2D eigenvalue weighted by molar-refractivity contribution is 7.81. The normalized spacial score (nSPS) is 13.6. The zero-order chi connectivity index (χ0) is 12.3. The largest absolute Gasteiger partial charge is 0.411 e. The van der Waals surface area contributed by atoms with E-state index in [4.69, 9.17) is 16.5 Å². The van der Waals surface area contributed by atoms with Gasteiger partial charge in [0.15, 0.2) is 5.75 Å². The van der Waals surface area contributed by atoms with Gasteiger partial charge in [0.05, 0.1) is 0 Å². The fourth-order valence-corrected chi connectivity index (χ4v) is 1.68. The fourth-order valence-electron chi connectivity index (χ4n) is 1.54. The molecule has 1 atom stereocenters.